The van der Waals surface area contributed by atoms with Gasteiger partial charge in [-0.25, -0.2) is 14.0 Å². The van der Waals surface area contributed by atoms with Gasteiger partial charge in [-0.05, 0) is 30.7 Å². The Kier molecular flexibility index (Phi) is 6.18. The maximum atomic E-state index is 13.5. The largest absolute Gasteiger partial charge is 0.452 e. The number of para-hydroxylation sites is 2. The molecule has 1 heterocycles. The maximum Gasteiger partial charge on any atom is 0.340 e. The summed E-state index contributed by atoms with van der Waals surface area (Å²) in [5, 5.41) is 4.12. The van der Waals surface area contributed by atoms with Crippen molar-refractivity contribution in [1.82, 2.24) is 5.32 Å². The molecule has 0 spiro atoms. The molecule has 0 bridgehead atoms. The highest BCUT2D eigenvalue weighted by Crippen LogP contribution is 2.25. The minimum Gasteiger partial charge on any atom is -0.452 e. The number of rotatable bonds is 5. The van der Waals surface area contributed by atoms with E-state index in [1.54, 1.807) is 18.2 Å². The summed E-state index contributed by atoms with van der Waals surface area (Å²) in [6.45, 7) is -0.217. The van der Waals surface area contributed by atoms with Crippen LogP contribution in [-0.4, -0.2) is 37.0 Å². The number of hydrogen-bond acceptors (Lipinski definition) is 5. The van der Waals surface area contributed by atoms with E-state index < -0.39 is 30.3 Å². The molecule has 1 fully saturated rings. The molecule has 0 atom stereocenters. The van der Waals surface area contributed by atoms with Crippen LogP contribution in [-0.2, 0) is 14.3 Å². The van der Waals surface area contributed by atoms with Gasteiger partial charge in [0.1, 0.15) is 5.82 Å². The smallest absolute Gasteiger partial charge is 0.340 e. The van der Waals surface area contributed by atoms with Gasteiger partial charge >= 0.3 is 12.0 Å². The second kappa shape index (κ2) is 8.96. The minimum atomic E-state index is -0.959. The number of carbonyl (C=O) groups excluding carboxylic acids is 4. The molecule has 3 rings (SSSR count). The highest BCUT2D eigenvalue weighted by molar-refractivity contribution is 6.05. The van der Waals surface area contributed by atoms with Crippen molar-refractivity contribution in [3.05, 3.63) is 59.9 Å². The molecule has 1 aliphatic rings. The van der Waals surface area contributed by atoms with Crippen LogP contribution in [0.1, 0.15) is 23.2 Å². The molecule has 4 amide bonds. The molecule has 2 aromatic rings. The Morgan fingerprint density at radius 3 is 2.52 bits per heavy atom. The molecule has 0 aliphatic carbocycles. The Bertz CT molecular complexity index is 963. The van der Waals surface area contributed by atoms with E-state index in [0.29, 0.717) is 25.1 Å². The third-order valence-corrected chi connectivity index (χ3v) is 4.20. The van der Waals surface area contributed by atoms with Gasteiger partial charge in [-0.3, -0.25) is 14.9 Å². The average molecular weight is 399 g/mol. The van der Waals surface area contributed by atoms with Gasteiger partial charge in [0.25, 0.3) is 5.91 Å². The van der Waals surface area contributed by atoms with E-state index in [-0.39, 0.29) is 17.2 Å². The number of anilines is 2. The Labute approximate surface area is 165 Å². The quantitative estimate of drug-likeness (QED) is 0.752. The predicted molar refractivity (Wildman–Crippen MR) is 102 cm³/mol. The zero-order valence-electron chi connectivity index (χ0n) is 15.3. The number of esters is 1. The van der Waals surface area contributed by atoms with Crippen molar-refractivity contribution in [2.75, 3.05) is 23.4 Å². The molecule has 0 unspecified atom stereocenters. The average Bonchev–Trinajstić information content (AvgIpc) is 3.13. The van der Waals surface area contributed by atoms with E-state index >= 15 is 0 Å². The molecule has 29 heavy (non-hydrogen) atoms. The number of urea groups is 1. The first kappa shape index (κ1) is 20.0. The lowest BCUT2D eigenvalue weighted by Gasteiger charge is -2.18. The zero-order valence-corrected chi connectivity index (χ0v) is 15.3. The number of amides is 4. The van der Waals surface area contributed by atoms with Crippen LogP contribution in [0, 0.1) is 5.82 Å². The molecule has 0 aromatic heterocycles. The molecule has 0 radical (unpaired) electrons. The van der Waals surface area contributed by atoms with Crippen molar-refractivity contribution >= 4 is 35.2 Å². The van der Waals surface area contributed by atoms with Gasteiger partial charge in [0, 0.05) is 13.0 Å². The molecule has 2 aromatic carbocycles. The van der Waals surface area contributed by atoms with Crippen LogP contribution in [0.15, 0.2) is 48.5 Å². The van der Waals surface area contributed by atoms with Gasteiger partial charge in [0.2, 0.25) is 5.91 Å². The molecule has 1 saturated heterocycles. The van der Waals surface area contributed by atoms with E-state index in [9.17, 15) is 23.6 Å². The first-order chi connectivity index (χ1) is 14.0. The number of carbonyl (C=O) groups is 4. The fourth-order valence-electron chi connectivity index (χ4n) is 2.87. The number of halogens is 1. The van der Waals surface area contributed by atoms with Crippen molar-refractivity contribution in [2.24, 2.45) is 0 Å². The fourth-order valence-corrected chi connectivity index (χ4v) is 2.87. The van der Waals surface area contributed by atoms with E-state index in [2.05, 4.69) is 5.32 Å². The van der Waals surface area contributed by atoms with Crippen LogP contribution >= 0.6 is 0 Å². The number of benzene rings is 2. The number of hydrogen-bond donors (Lipinski definition) is 2. The summed E-state index contributed by atoms with van der Waals surface area (Å²) in [4.78, 5) is 49.4. The van der Waals surface area contributed by atoms with Crippen LogP contribution in [0.2, 0.25) is 0 Å². The Morgan fingerprint density at radius 1 is 1.07 bits per heavy atom. The van der Waals surface area contributed by atoms with Gasteiger partial charge in [-0.1, -0.05) is 24.3 Å². The van der Waals surface area contributed by atoms with Gasteiger partial charge in [0.05, 0.1) is 16.9 Å². The van der Waals surface area contributed by atoms with Gasteiger partial charge in [0.15, 0.2) is 6.61 Å². The summed E-state index contributed by atoms with van der Waals surface area (Å²) in [5.41, 5.74) is 0.461. The standard InChI is InChI=1S/C20H18FN3O5/c21-14-7-2-3-8-15(14)22-20(28)23-17(25)12-29-19(27)13-6-1-4-9-16(13)24-11-5-10-18(24)26/h1-4,6-9H,5,10-12H2,(H2,22,23,25,28). The van der Waals surface area contributed by atoms with Gasteiger partial charge in [-0.2, -0.15) is 0 Å². The van der Waals surface area contributed by atoms with Crippen molar-refractivity contribution in [2.45, 2.75) is 12.8 Å². The molecule has 2 N–H and O–H groups in total. The fraction of sp³-hybridized carbons (Fsp3) is 0.200. The third kappa shape index (κ3) is 4.95. The van der Waals surface area contributed by atoms with Crippen LogP contribution in [0.5, 0.6) is 0 Å². The lowest BCUT2D eigenvalue weighted by Crippen LogP contribution is -2.37. The van der Waals surface area contributed by atoms with Crippen molar-refractivity contribution in [3.63, 3.8) is 0 Å². The van der Waals surface area contributed by atoms with E-state index in [1.165, 1.54) is 29.2 Å². The van der Waals surface area contributed by atoms with E-state index in [1.807, 2.05) is 5.32 Å². The van der Waals surface area contributed by atoms with Crippen LogP contribution in [0.3, 0.4) is 0 Å². The highest BCUT2D eigenvalue weighted by atomic mass is 19.1. The first-order valence-corrected chi connectivity index (χ1v) is 8.87. The SMILES string of the molecule is O=C(COC(=O)c1ccccc1N1CCCC1=O)NC(=O)Nc1ccccc1F. The number of nitrogens with one attached hydrogen (secondary N) is 2. The maximum absolute atomic E-state index is 13.5. The van der Waals surface area contributed by atoms with E-state index in [4.69, 9.17) is 4.74 Å². The zero-order chi connectivity index (χ0) is 20.8. The molecule has 0 saturated carbocycles. The molecular formula is C20H18FN3O5. The summed E-state index contributed by atoms with van der Waals surface area (Å²) in [6.07, 6.45) is 1.10. The minimum absolute atomic E-state index is 0.0900. The summed E-state index contributed by atoms with van der Waals surface area (Å²) in [5.74, 6) is -2.44. The van der Waals surface area contributed by atoms with Crippen molar-refractivity contribution in [3.8, 4) is 0 Å². The lowest BCUT2D eigenvalue weighted by molar-refractivity contribution is -0.123. The summed E-state index contributed by atoms with van der Waals surface area (Å²) >= 11 is 0. The predicted octanol–water partition coefficient (Wildman–Crippen LogP) is 2.46. The Morgan fingerprint density at radius 2 is 1.79 bits per heavy atom. The first-order valence-electron chi connectivity index (χ1n) is 8.87. The van der Waals surface area contributed by atoms with Crippen LogP contribution in [0.4, 0.5) is 20.6 Å². The second-order valence-electron chi connectivity index (χ2n) is 6.22. The topological polar surface area (TPSA) is 105 Å². The van der Waals surface area contributed by atoms with E-state index in [0.717, 1.165) is 6.07 Å². The number of imide groups is 1. The highest BCUT2D eigenvalue weighted by Gasteiger charge is 2.26. The van der Waals surface area contributed by atoms with Crippen LogP contribution in [0.25, 0.3) is 0 Å². The Hall–Kier alpha value is -3.75. The van der Waals surface area contributed by atoms with Gasteiger partial charge < -0.3 is 15.0 Å². The second-order valence-corrected chi connectivity index (χ2v) is 6.22. The third-order valence-electron chi connectivity index (χ3n) is 4.20. The summed E-state index contributed by atoms with van der Waals surface area (Å²) < 4.78 is 18.5. The molecular weight excluding hydrogens is 381 g/mol. The van der Waals surface area contributed by atoms with Crippen molar-refractivity contribution < 1.29 is 28.3 Å². The van der Waals surface area contributed by atoms with Gasteiger partial charge in [-0.15, -0.1) is 0 Å². The monoisotopic (exact) mass is 399 g/mol. The summed E-state index contributed by atoms with van der Waals surface area (Å²) in [6, 6.07) is 10.9. The summed E-state index contributed by atoms with van der Waals surface area (Å²) in [7, 11) is 0. The van der Waals surface area contributed by atoms with Crippen molar-refractivity contribution in [1.29, 1.82) is 0 Å². The lowest BCUT2D eigenvalue weighted by atomic mass is 10.1. The Balaban J connectivity index is 1.56. The molecule has 1 aliphatic heterocycles. The molecule has 8 nitrogen and oxygen atoms in total. The van der Waals surface area contributed by atoms with Crippen LogP contribution < -0.4 is 15.5 Å². The molecule has 9 heteroatoms. The normalized spacial score (nSPS) is 13.1. The molecule has 150 valence electrons. The number of nitrogens with zero attached hydrogens (tertiary/aromatic N) is 1. The number of ether oxygens (including phenoxy) is 1.